The lowest BCUT2D eigenvalue weighted by molar-refractivity contribution is -0.114. The maximum absolute atomic E-state index is 15.7. The van der Waals surface area contributed by atoms with Crippen LogP contribution in [0.2, 0.25) is 0 Å². The molecule has 2 aliphatic heterocycles. The number of benzene rings is 2. The van der Waals surface area contributed by atoms with Crippen LogP contribution in [0, 0.1) is 11.7 Å². The third-order valence-electron chi connectivity index (χ3n) is 7.32. The van der Waals surface area contributed by atoms with E-state index < -0.39 is 11.7 Å². The summed E-state index contributed by atoms with van der Waals surface area (Å²) in [5.41, 5.74) is 8.47. The first-order valence-electron chi connectivity index (χ1n) is 13.4. The number of halogens is 1. The summed E-state index contributed by atoms with van der Waals surface area (Å²) in [7, 11) is 0. The number of oxazole rings is 1. The number of amides is 2. The zero-order valence-electron chi connectivity index (χ0n) is 22.6. The average Bonchev–Trinajstić information content (AvgIpc) is 3.59. The molecule has 0 spiro atoms. The van der Waals surface area contributed by atoms with Crippen molar-refractivity contribution in [2.45, 2.75) is 32.7 Å². The zero-order valence-corrected chi connectivity index (χ0v) is 22.6. The first-order chi connectivity index (χ1) is 19.9. The van der Waals surface area contributed by atoms with E-state index in [2.05, 4.69) is 43.5 Å². The minimum Gasteiger partial charge on any atom is -0.436 e. The van der Waals surface area contributed by atoms with E-state index in [0.717, 1.165) is 11.4 Å². The summed E-state index contributed by atoms with van der Waals surface area (Å²) in [4.78, 5) is 34.9. The van der Waals surface area contributed by atoms with Crippen molar-refractivity contribution in [3.05, 3.63) is 77.9 Å². The van der Waals surface area contributed by atoms with Gasteiger partial charge < -0.3 is 14.6 Å². The quantitative estimate of drug-likeness (QED) is 0.322. The van der Waals surface area contributed by atoms with Crippen molar-refractivity contribution in [2.75, 3.05) is 18.4 Å². The molecule has 11 nitrogen and oxygen atoms in total. The molecule has 1 fully saturated rings. The van der Waals surface area contributed by atoms with Gasteiger partial charge >= 0.3 is 0 Å². The molecule has 1 saturated heterocycles. The summed E-state index contributed by atoms with van der Waals surface area (Å²) in [5, 5.41) is 9.09. The molecule has 4 heterocycles. The van der Waals surface area contributed by atoms with Gasteiger partial charge in [0, 0.05) is 31.9 Å². The molecule has 2 aromatic heterocycles. The number of rotatable bonds is 6. The van der Waals surface area contributed by atoms with Crippen molar-refractivity contribution < 1.29 is 18.4 Å². The predicted molar refractivity (Wildman–Crippen MR) is 151 cm³/mol. The Morgan fingerprint density at radius 3 is 2.61 bits per heavy atom. The Labute approximate surface area is 235 Å². The molecule has 2 amide bonds. The lowest BCUT2D eigenvalue weighted by Crippen LogP contribution is -2.46. The largest absolute Gasteiger partial charge is 0.436 e. The van der Waals surface area contributed by atoms with Crippen molar-refractivity contribution in [1.29, 1.82) is 0 Å². The number of hydrazone groups is 1. The van der Waals surface area contributed by atoms with Crippen LogP contribution in [0.4, 0.5) is 10.1 Å². The first-order valence-corrected chi connectivity index (χ1v) is 13.4. The Morgan fingerprint density at radius 2 is 1.90 bits per heavy atom. The summed E-state index contributed by atoms with van der Waals surface area (Å²) in [5.74, 6) is -0.473. The number of fused-ring (bicyclic) bond motifs is 1. The highest BCUT2D eigenvalue weighted by atomic mass is 19.1. The number of hydrazine groups is 2. The van der Waals surface area contributed by atoms with Gasteiger partial charge in [0.1, 0.15) is 11.4 Å². The second kappa shape index (κ2) is 11.0. The molecule has 0 aliphatic carbocycles. The van der Waals surface area contributed by atoms with Crippen LogP contribution in [0.25, 0.3) is 22.6 Å². The maximum Gasteiger partial charge on any atom is 0.275 e. The number of piperidine rings is 1. The Hall–Kier alpha value is -4.84. The molecule has 0 bridgehead atoms. The number of carbonyl (C=O) groups is 2. The number of anilines is 1. The van der Waals surface area contributed by atoms with Crippen LogP contribution >= 0.6 is 0 Å². The van der Waals surface area contributed by atoms with Gasteiger partial charge in [-0.25, -0.2) is 19.5 Å². The minimum absolute atomic E-state index is 0.0286. The van der Waals surface area contributed by atoms with E-state index in [1.165, 1.54) is 19.2 Å². The van der Waals surface area contributed by atoms with Crippen LogP contribution < -0.4 is 16.3 Å². The standard InChI is InChI=1S/C29H29FN8O3/c1-17-34-36-38(35-17)27(19-6-4-3-5-7-19)20-11-14-37(15-12-20)29(40)26-25(30)22(10-13-31-26)28-33-23-16-21(32-18(2)39)8-9-24(23)41-28/h3-10,13,16,20,27,36H,11-12,14-15H2,1-2H3,(H,32,39)(H,34,35). The smallest absolute Gasteiger partial charge is 0.275 e. The Morgan fingerprint density at radius 1 is 1.12 bits per heavy atom. The molecule has 2 aromatic carbocycles. The molecular weight excluding hydrogens is 527 g/mol. The van der Waals surface area contributed by atoms with Crippen molar-refractivity contribution in [3.63, 3.8) is 0 Å². The number of aromatic nitrogens is 2. The molecule has 2 aliphatic rings. The number of likely N-dealkylation sites (tertiary alicyclic amines) is 1. The predicted octanol–water partition coefficient (Wildman–Crippen LogP) is 4.24. The highest BCUT2D eigenvalue weighted by molar-refractivity contribution is 5.94. The average molecular weight is 557 g/mol. The van der Waals surface area contributed by atoms with Crippen LogP contribution in [0.1, 0.15) is 48.8 Å². The lowest BCUT2D eigenvalue weighted by Gasteiger charge is -2.38. The summed E-state index contributed by atoms with van der Waals surface area (Å²) in [6.07, 6.45) is 2.80. The van der Waals surface area contributed by atoms with Gasteiger partial charge in [-0.05, 0) is 55.5 Å². The van der Waals surface area contributed by atoms with Crippen LogP contribution in [-0.4, -0.2) is 50.7 Å². The van der Waals surface area contributed by atoms with Crippen LogP contribution in [0.5, 0.6) is 0 Å². The third-order valence-corrected chi connectivity index (χ3v) is 7.32. The lowest BCUT2D eigenvalue weighted by atomic mass is 9.85. The van der Waals surface area contributed by atoms with Crippen molar-refractivity contribution in [1.82, 2.24) is 30.9 Å². The highest BCUT2D eigenvalue weighted by Crippen LogP contribution is 2.36. The van der Waals surface area contributed by atoms with Gasteiger partial charge in [0.15, 0.2) is 17.1 Å². The number of hydrogen-bond acceptors (Lipinski definition) is 9. The molecule has 3 N–H and O–H groups in total. The van der Waals surface area contributed by atoms with E-state index in [9.17, 15) is 9.59 Å². The molecule has 1 atom stereocenters. The molecule has 6 rings (SSSR count). The maximum atomic E-state index is 15.7. The van der Waals surface area contributed by atoms with Gasteiger partial charge in [-0.3, -0.25) is 15.0 Å². The van der Waals surface area contributed by atoms with E-state index in [4.69, 9.17) is 4.42 Å². The number of hydrogen-bond donors (Lipinski definition) is 3. The molecule has 0 radical (unpaired) electrons. The van der Waals surface area contributed by atoms with Gasteiger partial charge in [0.25, 0.3) is 5.91 Å². The summed E-state index contributed by atoms with van der Waals surface area (Å²) < 4.78 is 21.5. The fourth-order valence-corrected chi connectivity index (χ4v) is 5.39. The Balaban J connectivity index is 1.19. The molecule has 0 saturated carbocycles. The molecule has 4 aromatic rings. The van der Waals surface area contributed by atoms with Crippen molar-refractivity contribution >= 4 is 34.4 Å². The molecule has 210 valence electrons. The van der Waals surface area contributed by atoms with Crippen LogP contribution in [0.15, 0.2) is 70.3 Å². The van der Waals surface area contributed by atoms with Gasteiger partial charge in [0.2, 0.25) is 11.8 Å². The van der Waals surface area contributed by atoms with E-state index in [0.29, 0.717) is 42.7 Å². The van der Waals surface area contributed by atoms with Crippen LogP contribution in [0.3, 0.4) is 0 Å². The highest BCUT2D eigenvalue weighted by Gasteiger charge is 2.35. The summed E-state index contributed by atoms with van der Waals surface area (Å²) in [6.45, 7) is 4.20. The molecule has 12 heteroatoms. The number of pyridine rings is 1. The van der Waals surface area contributed by atoms with E-state index in [1.807, 2.05) is 30.2 Å². The SMILES string of the molecule is CC(=O)Nc1ccc2oc(-c3ccnc(C(=O)N4CCC(C(c5ccccc5)N5N=C(C)NN5)CC4)c3F)nc2c1. The van der Waals surface area contributed by atoms with Gasteiger partial charge in [-0.15, -0.1) is 10.6 Å². The number of nitrogens with one attached hydrogen (secondary N) is 3. The number of amidine groups is 1. The van der Waals surface area contributed by atoms with Crippen molar-refractivity contribution in [3.8, 4) is 11.5 Å². The first kappa shape index (κ1) is 26.4. The fourth-order valence-electron chi connectivity index (χ4n) is 5.39. The summed E-state index contributed by atoms with van der Waals surface area (Å²) >= 11 is 0. The monoisotopic (exact) mass is 556 g/mol. The normalized spacial score (nSPS) is 16.4. The third kappa shape index (κ3) is 5.33. The van der Waals surface area contributed by atoms with Gasteiger partial charge in [-0.2, -0.15) is 0 Å². The second-order valence-corrected chi connectivity index (χ2v) is 10.2. The van der Waals surface area contributed by atoms with Gasteiger partial charge in [0.05, 0.1) is 11.6 Å². The fraction of sp³-hybridized carbons (Fsp3) is 0.276. The Bertz CT molecular complexity index is 1630. The molecule has 1 unspecified atom stereocenters. The van der Waals surface area contributed by atoms with Gasteiger partial charge in [-0.1, -0.05) is 30.3 Å². The van der Waals surface area contributed by atoms with E-state index in [1.54, 1.807) is 23.1 Å². The van der Waals surface area contributed by atoms with Crippen molar-refractivity contribution in [2.24, 2.45) is 11.0 Å². The zero-order chi connectivity index (χ0) is 28.5. The molecular formula is C29H29FN8O3. The minimum atomic E-state index is -0.785. The Kier molecular flexibility index (Phi) is 7.06. The van der Waals surface area contributed by atoms with E-state index in [-0.39, 0.29) is 35.0 Å². The van der Waals surface area contributed by atoms with E-state index >= 15 is 4.39 Å². The topological polar surface area (TPSA) is 128 Å². The number of nitrogens with zero attached hydrogens (tertiary/aromatic N) is 5. The molecule has 41 heavy (non-hydrogen) atoms. The van der Waals surface area contributed by atoms with Crippen LogP contribution in [-0.2, 0) is 4.79 Å². The second-order valence-electron chi connectivity index (χ2n) is 10.2. The summed E-state index contributed by atoms with van der Waals surface area (Å²) in [6, 6.07) is 16.5. The number of carbonyl (C=O) groups excluding carboxylic acids is 2.